The number of fused-ring (bicyclic) bond motifs is 1. The first-order valence-corrected chi connectivity index (χ1v) is 10.3. The zero-order chi connectivity index (χ0) is 21.3. The maximum atomic E-state index is 9.46. The lowest BCUT2D eigenvalue weighted by atomic mass is 9.94. The van der Waals surface area contributed by atoms with Crippen molar-refractivity contribution in [3.05, 3.63) is 36.9 Å². The van der Waals surface area contributed by atoms with Crippen molar-refractivity contribution in [3.63, 3.8) is 0 Å². The van der Waals surface area contributed by atoms with Gasteiger partial charge in [0.25, 0.3) is 0 Å². The highest BCUT2D eigenvalue weighted by molar-refractivity contribution is 14.1. The molecule has 2 heterocycles. The number of ether oxygens (including phenoxy) is 1. The highest BCUT2D eigenvalue weighted by Gasteiger charge is 2.32. The van der Waals surface area contributed by atoms with Crippen LogP contribution in [0.1, 0.15) is 36.6 Å². The normalized spacial score (nSPS) is 14.9. The van der Waals surface area contributed by atoms with Crippen LogP contribution in [0.3, 0.4) is 0 Å². The Hall–Kier alpha value is -2.77. The van der Waals surface area contributed by atoms with Gasteiger partial charge in [0, 0.05) is 15.6 Å². The van der Waals surface area contributed by atoms with Gasteiger partial charge >= 0.3 is 0 Å². The molecule has 0 amide bonds. The third-order valence-corrected chi connectivity index (χ3v) is 5.30. The van der Waals surface area contributed by atoms with Gasteiger partial charge in [0.1, 0.15) is 35.1 Å². The van der Waals surface area contributed by atoms with Crippen molar-refractivity contribution in [2.75, 3.05) is 16.8 Å². The molecule has 3 rings (SSSR count). The summed E-state index contributed by atoms with van der Waals surface area (Å²) >= 11 is 5.70. The molecule has 1 atom stereocenters. The largest absolute Gasteiger partial charge is 0.490 e. The van der Waals surface area contributed by atoms with E-state index in [0.717, 1.165) is 8.04 Å². The molecular weight excluding hydrogens is 551 g/mol. The second-order valence-corrected chi connectivity index (χ2v) is 8.45. The molecule has 148 valence electrons. The van der Waals surface area contributed by atoms with E-state index in [1.54, 1.807) is 0 Å². The zero-order valence-corrected chi connectivity index (χ0v) is 19.2. The summed E-state index contributed by atoms with van der Waals surface area (Å²) in [5.41, 5.74) is 13.6. The quantitative estimate of drug-likeness (QED) is 0.250. The number of hydrogen-bond donors (Lipinski definition) is 4. The number of nitrogen functional groups attached to an aromatic ring is 2. The maximum absolute atomic E-state index is 9.46. The summed E-state index contributed by atoms with van der Waals surface area (Å²) in [5, 5.41) is 23.9. The van der Waals surface area contributed by atoms with E-state index in [1.807, 2.05) is 38.2 Å². The first-order valence-electron chi connectivity index (χ1n) is 8.41. The molecule has 1 aromatic heterocycles. The summed E-state index contributed by atoms with van der Waals surface area (Å²) in [6.07, 6.45) is 1.75. The lowest BCUT2D eigenvalue weighted by Crippen LogP contribution is -2.33. The molecule has 6 N–H and O–H groups in total. The molecule has 1 unspecified atom stereocenters. The summed E-state index contributed by atoms with van der Waals surface area (Å²) < 4.78 is 7.75. The minimum atomic E-state index is -0.679. The molecule has 0 spiro atoms. The Morgan fingerprint density at radius 1 is 1.34 bits per heavy atom. The number of aliphatic imine (C=N–C) groups is 1. The number of hydrogen-bond acceptors (Lipinski definition) is 9. The summed E-state index contributed by atoms with van der Waals surface area (Å²) in [6, 6.07) is 5.11. The van der Waals surface area contributed by atoms with E-state index < -0.39 is 6.04 Å². The van der Waals surface area contributed by atoms with Crippen LogP contribution in [0.2, 0.25) is 0 Å². The topological polar surface area (TPSA) is 158 Å². The van der Waals surface area contributed by atoms with Gasteiger partial charge in [-0.25, -0.2) is 9.98 Å². The third-order valence-electron chi connectivity index (χ3n) is 4.04. The highest BCUT2D eigenvalue weighted by Crippen LogP contribution is 2.45. The summed E-state index contributed by atoms with van der Waals surface area (Å²) in [6.45, 7) is 3.85. The lowest BCUT2D eigenvalue weighted by molar-refractivity contribution is 0.237. The van der Waals surface area contributed by atoms with E-state index in [9.17, 15) is 5.26 Å². The third kappa shape index (κ3) is 4.02. The van der Waals surface area contributed by atoms with Crippen LogP contribution in [0.25, 0.3) is 0 Å². The number of nitriles is 2. The Kier molecular flexibility index (Phi) is 6.00. The van der Waals surface area contributed by atoms with Crippen molar-refractivity contribution >= 4 is 61.8 Å². The molecular formula is C18H16BrIN8O. The number of aromatic nitrogens is 1. The van der Waals surface area contributed by atoms with Crippen LogP contribution >= 0.6 is 38.5 Å². The van der Waals surface area contributed by atoms with Crippen molar-refractivity contribution < 1.29 is 4.74 Å². The minimum absolute atomic E-state index is 0.00400. The van der Waals surface area contributed by atoms with Gasteiger partial charge < -0.3 is 21.5 Å². The van der Waals surface area contributed by atoms with Crippen molar-refractivity contribution in [3.8, 4) is 18.0 Å². The molecule has 0 radical (unpaired) electrons. The van der Waals surface area contributed by atoms with Crippen LogP contribution in [0.5, 0.6) is 5.75 Å². The summed E-state index contributed by atoms with van der Waals surface area (Å²) in [7, 11) is 0. The summed E-state index contributed by atoms with van der Waals surface area (Å²) in [5.74, 6) is 1.14. The van der Waals surface area contributed by atoms with Gasteiger partial charge in [0.05, 0.1) is 15.4 Å². The average Bonchev–Trinajstić information content (AvgIpc) is 2.63. The number of nitrogens with one attached hydrogen (secondary N) is 2. The first kappa shape index (κ1) is 21.0. The summed E-state index contributed by atoms with van der Waals surface area (Å²) in [4.78, 5) is 8.87. The fraction of sp³-hybridized carbons (Fsp3) is 0.222. The smallest absolute Gasteiger partial charge is 0.211 e. The van der Waals surface area contributed by atoms with Crippen LogP contribution in [-0.2, 0) is 0 Å². The van der Waals surface area contributed by atoms with Gasteiger partial charge in [-0.3, -0.25) is 5.32 Å². The number of benzene rings is 1. The van der Waals surface area contributed by atoms with E-state index in [4.69, 9.17) is 21.5 Å². The molecule has 0 bridgehead atoms. The SMILES string of the molecule is CC(C)Oc1c(I)cc(Br)cc1C1N=C(NC#N)Nc2nc(N)c(C#N)c(N)c21. The van der Waals surface area contributed by atoms with Crippen LogP contribution in [0.15, 0.2) is 21.6 Å². The van der Waals surface area contributed by atoms with E-state index in [1.165, 1.54) is 0 Å². The number of nitrogens with zero attached hydrogens (tertiary/aromatic N) is 4. The Morgan fingerprint density at radius 3 is 2.69 bits per heavy atom. The second kappa shape index (κ2) is 8.31. The van der Waals surface area contributed by atoms with Crippen LogP contribution in [0, 0.1) is 26.4 Å². The number of halogens is 2. The minimum Gasteiger partial charge on any atom is -0.490 e. The molecule has 1 aromatic carbocycles. The fourth-order valence-corrected chi connectivity index (χ4v) is 4.63. The molecule has 11 heteroatoms. The van der Waals surface area contributed by atoms with Crippen molar-refractivity contribution in [2.24, 2.45) is 4.99 Å². The molecule has 1 aliphatic heterocycles. The van der Waals surface area contributed by atoms with Crippen LogP contribution in [0.4, 0.5) is 17.3 Å². The van der Waals surface area contributed by atoms with Crippen molar-refractivity contribution in [1.29, 1.82) is 10.5 Å². The van der Waals surface area contributed by atoms with Gasteiger partial charge in [-0.2, -0.15) is 10.5 Å². The van der Waals surface area contributed by atoms with Crippen LogP contribution in [-0.4, -0.2) is 17.0 Å². The van der Waals surface area contributed by atoms with Gasteiger partial charge in [-0.1, -0.05) is 15.9 Å². The lowest BCUT2D eigenvalue weighted by Gasteiger charge is -2.28. The van der Waals surface area contributed by atoms with E-state index >= 15 is 0 Å². The molecule has 0 saturated heterocycles. The first-order chi connectivity index (χ1) is 13.8. The molecule has 2 aromatic rings. The fourth-order valence-electron chi connectivity index (χ4n) is 2.95. The molecule has 0 fully saturated rings. The Bertz CT molecular complexity index is 1100. The number of rotatable bonds is 3. The Morgan fingerprint density at radius 2 is 2.07 bits per heavy atom. The number of guanidine groups is 1. The highest BCUT2D eigenvalue weighted by atomic mass is 127. The van der Waals surface area contributed by atoms with E-state index in [2.05, 4.69) is 59.1 Å². The second-order valence-electron chi connectivity index (χ2n) is 6.37. The molecule has 29 heavy (non-hydrogen) atoms. The standard InChI is InChI=1S/C18H16BrIN8O/c1-7(2)29-15-9(3-8(19)4-11(15)20)14-12-13(23)10(5-21)16(24)27-17(12)28-18(26-14)25-6-22/h3-4,7,14H,1-2H3,(H6,23,24,25,26,27,28). The molecule has 0 aliphatic carbocycles. The Labute approximate surface area is 189 Å². The van der Waals surface area contributed by atoms with E-state index in [-0.39, 0.29) is 29.1 Å². The Balaban J connectivity index is 2.33. The number of anilines is 3. The number of pyridine rings is 1. The molecule has 1 aliphatic rings. The van der Waals surface area contributed by atoms with Crippen molar-refractivity contribution in [2.45, 2.75) is 26.0 Å². The predicted molar refractivity (Wildman–Crippen MR) is 122 cm³/mol. The van der Waals surface area contributed by atoms with Crippen LogP contribution < -0.4 is 26.8 Å². The number of nitrogens with two attached hydrogens (primary N) is 2. The average molecular weight is 567 g/mol. The van der Waals surface area contributed by atoms with Gasteiger partial charge in [0.2, 0.25) is 5.96 Å². The molecule has 0 saturated carbocycles. The van der Waals surface area contributed by atoms with Gasteiger partial charge in [0.15, 0.2) is 6.19 Å². The van der Waals surface area contributed by atoms with Gasteiger partial charge in [-0.15, -0.1) is 0 Å². The zero-order valence-electron chi connectivity index (χ0n) is 15.4. The predicted octanol–water partition coefficient (Wildman–Crippen LogP) is 3.21. The van der Waals surface area contributed by atoms with E-state index in [0.29, 0.717) is 22.7 Å². The van der Waals surface area contributed by atoms with Gasteiger partial charge in [-0.05, 0) is 48.6 Å². The monoisotopic (exact) mass is 566 g/mol. The molecule has 9 nitrogen and oxygen atoms in total. The van der Waals surface area contributed by atoms with Crippen molar-refractivity contribution in [1.82, 2.24) is 10.3 Å². The maximum Gasteiger partial charge on any atom is 0.211 e.